The summed E-state index contributed by atoms with van der Waals surface area (Å²) in [6.07, 6.45) is 3.63. The third-order valence-electron chi connectivity index (χ3n) is 4.99. The molecule has 0 saturated carbocycles. The summed E-state index contributed by atoms with van der Waals surface area (Å²) in [6, 6.07) is 8.94. The lowest BCUT2D eigenvalue weighted by atomic mass is 10.1. The number of rotatable bonds is 3. The first-order chi connectivity index (χ1) is 12.1. The van der Waals surface area contributed by atoms with Crippen molar-refractivity contribution < 1.29 is 14.7 Å². The summed E-state index contributed by atoms with van der Waals surface area (Å²) in [5.41, 5.74) is 3.21. The number of carbonyl (C=O) groups is 2. The van der Waals surface area contributed by atoms with Gasteiger partial charge in [-0.3, -0.25) is 14.9 Å². The molecule has 2 aromatic rings. The largest absolute Gasteiger partial charge is 0.480 e. The number of hydrogen-bond donors (Lipinski definition) is 2. The van der Waals surface area contributed by atoms with Crippen molar-refractivity contribution in [2.24, 2.45) is 0 Å². The van der Waals surface area contributed by atoms with E-state index in [9.17, 15) is 9.59 Å². The summed E-state index contributed by atoms with van der Waals surface area (Å²) in [5.74, 6) is -0.901. The van der Waals surface area contributed by atoms with Crippen LogP contribution < -0.4 is 5.32 Å². The Morgan fingerprint density at radius 1 is 1.16 bits per heavy atom. The smallest absolute Gasteiger partial charge is 0.320 e. The summed E-state index contributed by atoms with van der Waals surface area (Å²) in [6.45, 7) is 1.15. The minimum absolute atomic E-state index is 0.0122. The highest BCUT2D eigenvalue weighted by Gasteiger charge is 2.36. The molecule has 3 heterocycles. The Balaban J connectivity index is 1.48. The van der Waals surface area contributed by atoms with E-state index in [1.807, 2.05) is 41.2 Å². The van der Waals surface area contributed by atoms with E-state index in [2.05, 4.69) is 10.4 Å². The normalized spacial score (nSPS) is 22.6. The number of nitrogens with zero attached hydrogens (tertiary/aromatic N) is 3. The second-order valence-corrected chi connectivity index (χ2v) is 6.56. The average molecular weight is 340 g/mol. The first-order valence-corrected chi connectivity index (χ1v) is 8.52. The molecule has 1 amide bonds. The lowest BCUT2D eigenvalue weighted by molar-refractivity contribution is -0.139. The Morgan fingerprint density at radius 2 is 1.92 bits per heavy atom. The Kier molecular flexibility index (Phi) is 4.01. The van der Waals surface area contributed by atoms with E-state index < -0.39 is 18.1 Å². The van der Waals surface area contributed by atoms with Gasteiger partial charge in [0.25, 0.3) is 0 Å². The molecule has 2 N–H and O–H groups in total. The monoisotopic (exact) mass is 340 g/mol. The molecule has 1 aromatic carbocycles. The van der Waals surface area contributed by atoms with Gasteiger partial charge >= 0.3 is 5.97 Å². The summed E-state index contributed by atoms with van der Waals surface area (Å²) in [7, 11) is 0. The lowest BCUT2D eigenvalue weighted by Gasteiger charge is -2.29. The fourth-order valence-corrected chi connectivity index (χ4v) is 3.66. The minimum Gasteiger partial charge on any atom is -0.480 e. The van der Waals surface area contributed by atoms with Crippen molar-refractivity contribution in [3.8, 4) is 5.69 Å². The van der Waals surface area contributed by atoms with E-state index in [1.54, 1.807) is 4.90 Å². The molecule has 130 valence electrons. The van der Waals surface area contributed by atoms with Gasteiger partial charge in [0.1, 0.15) is 6.04 Å². The van der Waals surface area contributed by atoms with Gasteiger partial charge in [-0.1, -0.05) is 18.2 Å². The molecule has 25 heavy (non-hydrogen) atoms. The Morgan fingerprint density at radius 3 is 2.64 bits per heavy atom. The van der Waals surface area contributed by atoms with Crippen LogP contribution in [-0.4, -0.2) is 50.3 Å². The first kappa shape index (κ1) is 15.8. The van der Waals surface area contributed by atoms with Crippen molar-refractivity contribution in [1.29, 1.82) is 0 Å². The van der Waals surface area contributed by atoms with E-state index in [1.165, 1.54) is 0 Å². The van der Waals surface area contributed by atoms with Crippen LogP contribution in [0.25, 0.3) is 5.69 Å². The maximum absolute atomic E-state index is 12.7. The fraction of sp³-hybridized carbons (Fsp3) is 0.389. The van der Waals surface area contributed by atoms with Crippen LogP contribution in [0.4, 0.5) is 0 Å². The van der Waals surface area contributed by atoms with Gasteiger partial charge in [0, 0.05) is 25.1 Å². The number of nitrogens with one attached hydrogen (secondary N) is 1. The zero-order chi connectivity index (χ0) is 17.4. The van der Waals surface area contributed by atoms with Crippen LogP contribution >= 0.6 is 0 Å². The van der Waals surface area contributed by atoms with Crippen LogP contribution in [0.2, 0.25) is 0 Å². The highest BCUT2D eigenvalue weighted by atomic mass is 16.4. The van der Waals surface area contributed by atoms with Crippen LogP contribution in [0.1, 0.15) is 24.1 Å². The Labute approximate surface area is 145 Å². The molecule has 7 heteroatoms. The number of carbonyl (C=O) groups excluding carboxylic acids is 1. The van der Waals surface area contributed by atoms with Crippen LogP contribution in [0.15, 0.2) is 36.5 Å². The second kappa shape index (κ2) is 6.33. The van der Waals surface area contributed by atoms with E-state index >= 15 is 0 Å². The molecule has 1 fully saturated rings. The van der Waals surface area contributed by atoms with Crippen molar-refractivity contribution in [2.45, 2.75) is 37.9 Å². The Bertz CT molecular complexity index is 802. The lowest BCUT2D eigenvalue weighted by Crippen LogP contribution is -2.48. The molecule has 2 aliphatic rings. The third kappa shape index (κ3) is 2.91. The molecule has 0 spiro atoms. The molecule has 0 unspecified atom stereocenters. The SMILES string of the molecule is O=C(O)[C@@H]1CC[C@H](C(=O)N2CCc3c(cnn3-c3ccccc3)C2)N1. The number of aliphatic carboxylic acids is 1. The predicted octanol–water partition coefficient (Wildman–Crippen LogP) is 0.962. The van der Waals surface area contributed by atoms with E-state index in [4.69, 9.17) is 5.11 Å². The van der Waals surface area contributed by atoms with E-state index in [0.29, 0.717) is 25.9 Å². The second-order valence-electron chi connectivity index (χ2n) is 6.56. The van der Waals surface area contributed by atoms with Crippen molar-refractivity contribution >= 4 is 11.9 Å². The van der Waals surface area contributed by atoms with Crippen molar-refractivity contribution in [2.75, 3.05) is 6.54 Å². The van der Waals surface area contributed by atoms with Gasteiger partial charge in [-0.25, -0.2) is 4.68 Å². The molecule has 0 bridgehead atoms. The summed E-state index contributed by atoms with van der Waals surface area (Å²) < 4.78 is 1.94. The Hall–Kier alpha value is -2.67. The van der Waals surface area contributed by atoms with Crippen LogP contribution in [0.3, 0.4) is 0 Å². The molecule has 7 nitrogen and oxygen atoms in total. The molecule has 2 aliphatic heterocycles. The standard InChI is InChI=1S/C18H20N4O3/c23-17(14-6-7-15(20-14)18(24)25)21-9-8-16-12(11-21)10-19-22(16)13-4-2-1-3-5-13/h1-5,10,14-15,20H,6-9,11H2,(H,24,25)/t14-,15+/m1/s1. The zero-order valence-electron chi connectivity index (χ0n) is 13.8. The van der Waals surface area contributed by atoms with Crippen LogP contribution in [-0.2, 0) is 22.6 Å². The molecule has 1 saturated heterocycles. The summed E-state index contributed by atoms with van der Waals surface area (Å²) in [5, 5.41) is 16.5. The highest BCUT2D eigenvalue weighted by molar-refractivity contribution is 5.84. The van der Waals surface area contributed by atoms with Gasteiger partial charge in [0.2, 0.25) is 5.91 Å². The number of carboxylic acids is 1. The topological polar surface area (TPSA) is 87.5 Å². The van der Waals surface area contributed by atoms with Gasteiger partial charge in [-0.2, -0.15) is 5.10 Å². The number of fused-ring (bicyclic) bond motifs is 1. The number of aromatic nitrogens is 2. The number of para-hydroxylation sites is 1. The molecular formula is C18H20N4O3. The number of benzene rings is 1. The maximum atomic E-state index is 12.7. The van der Waals surface area contributed by atoms with E-state index in [0.717, 1.165) is 23.4 Å². The third-order valence-corrected chi connectivity index (χ3v) is 4.99. The number of hydrogen-bond acceptors (Lipinski definition) is 4. The minimum atomic E-state index is -0.889. The summed E-state index contributed by atoms with van der Waals surface area (Å²) in [4.78, 5) is 25.6. The first-order valence-electron chi connectivity index (χ1n) is 8.52. The molecule has 2 atom stereocenters. The fourth-order valence-electron chi connectivity index (χ4n) is 3.66. The molecule has 1 aromatic heterocycles. The van der Waals surface area contributed by atoms with E-state index in [-0.39, 0.29) is 5.91 Å². The average Bonchev–Trinajstić information content (AvgIpc) is 3.28. The summed E-state index contributed by atoms with van der Waals surface area (Å²) >= 11 is 0. The zero-order valence-corrected chi connectivity index (χ0v) is 13.8. The highest BCUT2D eigenvalue weighted by Crippen LogP contribution is 2.24. The predicted molar refractivity (Wildman–Crippen MR) is 90.3 cm³/mol. The molecular weight excluding hydrogens is 320 g/mol. The van der Waals surface area contributed by atoms with Gasteiger partial charge in [0.15, 0.2) is 0 Å². The van der Waals surface area contributed by atoms with Gasteiger partial charge in [0.05, 0.1) is 23.6 Å². The quantitative estimate of drug-likeness (QED) is 0.869. The number of amides is 1. The van der Waals surface area contributed by atoms with Crippen LogP contribution in [0, 0.1) is 0 Å². The number of carboxylic acid groups (broad SMARTS) is 1. The van der Waals surface area contributed by atoms with Gasteiger partial charge < -0.3 is 10.0 Å². The van der Waals surface area contributed by atoms with Crippen LogP contribution in [0.5, 0.6) is 0 Å². The van der Waals surface area contributed by atoms with Crippen molar-refractivity contribution in [1.82, 2.24) is 20.0 Å². The van der Waals surface area contributed by atoms with Gasteiger partial charge in [-0.15, -0.1) is 0 Å². The van der Waals surface area contributed by atoms with Crippen molar-refractivity contribution in [3.05, 3.63) is 47.8 Å². The molecule has 4 rings (SSSR count). The molecule has 0 radical (unpaired) electrons. The van der Waals surface area contributed by atoms with Crippen molar-refractivity contribution in [3.63, 3.8) is 0 Å². The maximum Gasteiger partial charge on any atom is 0.320 e. The molecule has 0 aliphatic carbocycles. The van der Waals surface area contributed by atoms with Gasteiger partial charge in [-0.05, 0) is 25.0 Å².